The van der Waals surface area contributed by atoms with Gasteiger partial charge in [0.25, 0.3) is 5.56 Å². The lowest BCUT2D eigenvalue weighted by atomic mass is 10.2. The third kappa shape index (κ3) is 2.95. The minimum atomic E-state index is -4.60. The minimum absolute atomic E-state index is 0.105. The molecular weight excluding hydrogens is 319 g/mol. The molecule has 1 fully saturated rings. The number of nitrogens with zero attached hydrogens (tertiary/aromatic N) is 3. The lowest BCUT2D eigenvalue weighted by Gasteiger charge is -2.16. The number of aromatic amines is 1. The van der Waals surface area contributed by atoms with Gasteiger partial charge in [-0.25, -0.2) is 14.5 Å². The Labute approximate surface area is 122 Å². The molecule has 1 saturated heterocycles. The van der Waals surface area contributed by atoms with Crippen molar-refractivity contribution < 1.29 is 28.7 Å². The average molecular weight is 332 g/mol. The number of imidazole rings is 1. The summed E-state index contributed by atoms with van der Waals surface area (Å²) in [5.74, 6) is 0. The molecule has 3 atom stereocenters. The first kappa shape index (κ1) is 15.3. The number of rotatable bonds is 4. The van der Waals surface area contributed by atoms with E-state index in [0.29, 0.717) is 0 Å². The predicted molar refractivity (Wildman–Crippen MR) is 70.7 cm³/mol. The largest absolute Gasteiger partial charge is 0.469 e. The van der Waals surface area contributed by atoms with Crippen molar-refractivity contribution in [3.05, 3.63) is 23.0 Å². The van der Waals surface area contributed by atoms with Crippen LogP contribution in [0.1, 0.15) is 12.6 Å². The van der Waals surface area contributed by atoms with Crippen molar-refractivity contribution in [1.82, 2.24) is 19.5 Å². The first-order chi connectivity index (χ1) is 10.3. The number of hydrogen-bond donors (Lipinski definition) is 4. The summed E-state index contributed by atoms with van der Waals surface area (Å²) in [6, 6.07) is 0. The second kappa shape index (κ2) is 5.54. The normalized spacial score (nSPS) is 25.9. The van der Waals surface area contributed by atoms with Crippen LogP contribution < -0.4 is 5.56 Å². The van der Waals surface area contributed by atoms with E-state index in [-0.39, 0.29) is 24.2 Å². The van der Waals surface area contributed by atoms with Crippen LogP contribution in [0, 0.1) is 0 Å². The van der Waals surface area contributed by atoms with E-state index < -0.39 is 31.8 Å². The lowest BCUT2D eigenvalue weighted by molar-refractivity contribution is -0.0481. The zero-order chi connectivity index (χ0) is 15.9. The van der Waals surface area contributed by atoms with Crippen LogP contribution in [0.3, 0.4) is 0 Å². The number of fused-ring (bicyclic) bond motifs is 1. The highest BCUT2D eigenvalue weighted by atomic mass is 31.2. The van der Waals surface area contributed by atoms with Crippen molar-refractivity contribution in [3.63, 3.8) is 0 Å². The summed E-state index contributed by atoms with van der Waals surface area (Å²) in [4.78, 5) is 39.2. The fraction of sp³-hybridized carbons (Fsp3) is 0.500. The number of phosphoric ester groups is 1. The van der Waals surface area contributed by atoms with Crippen molar-refractivity contribution in [2.24, 2.45) is 0 Å². The second-order valence-electron chi connectivity index (χ2n) is 4.79. The van der Waals surface area contributed by atoms with Gasteiger partial charge in [-0.2, -0.15) is 0 Å². The van der Waals surface area contributed by atoms with Gasteiger partial charge in [0.1, 0.15) is 6.10 Å². The van der Waals surface area contributed by atoms with Crippen LogP contribution >= 0.6 is 7.82 Å². The van der Waals surface area contributed by atoms with E-state index in [1.165, 1.54) is 17.2 Å². The number of phosphoric acid groups is 1. The van der Waals surface area contributed by atoms with Crippen LogP contribution in [-0.2, 0) is 13.8 Å². The van der Waals surface area contributed by atoms with E-state index >= 15 is 0 Å². The fourth-order valence-corrected chi connectivity index (χ4v) is 2.68. The zero-order valence-corrected chi connectivity index (χ0v) is 12.0. The van der Waals surface area contributed by atoms with Crippen molar-refractivity contribution in [2.75, 3.05) is 6.61 Å². The van der Waals surface area contributed by atoms with Crippen LogP contribution in [0.25, 0.3) is 11.2 Å². The Morgan fingerprint density at radius 3 is 3.00 bits per heavy atom. The summed E-state index contributed by atoms with van der Waals surface area (Å²) in [5.41, 5.74) is -0.0739. The Morgan fingerprint density at radius 1 is 1.50 bits per heavy atom. The molecule has 0 aliphatic carbocycles. The molecule has 1 aliphatic heterocycles. The third-order valence-corrected chi connectivity index (χ3v) is 3.72. The van der Waals surface area contributed by atoms with Crippen LogP contribution in [0.4, 0.5) is 0 Å². The Balaban J connectivity index is 1.81. The van der Waals surface area contributed by atoms with Crippen LogP contribution in [0.2, 0.25) is 0 Å². The number of ether oxygens (including phenoxy) is 1. The highest BCUT2D eigenvalue weighted by Crippen LogP contribution is 2.38. The summed E-state index contributed by atoms with van der Waals surface area (Å²) in [6.45, 7) is -0.363. The van der Waals surface area contributed by atoms with E-state index in [4.69, 9.17) is 14.5 Å². The summed E-state index contributed by atoms with van der Waals surface area (Å²) < 4.78 is 22.0. The molecule has 0 amide bonds. The van der Waals surface area contributed by atoms with Gasteiger partial charge in [-0.05, 0) is 0 Å². The van der Waals surface area contributed by atoms with E-state index in [1.807, 2.05) is 0 Å². The molecule has 0 bridgehead atoms. The molecule has 1 aliphatic rings. The Kier molecular flexibility index (Phi) is 3.85. The summed E-state index contributed by atoms with van der Waals surface area (Å²) in [5, 5.41) is 10.1. The lowest BCUT2D eigenvalue weighted by Crippen LogP contribution is -2.20. The minimum Gasteiger partial charge on any atom is -0.388 e. The van der Waals surface area contributed by atoms with Crippen molar-refractivity contribution >= 4 is 19.0 Å². The molecule has 3 heterocycles. The van der Waals surface area contributed by atoms with E-state index in [0.717, 1.165) is 0 Å². The maximum atomic E-state index is 11.6. The van der Waals surface area contributed by atoms with Gasteiger partial charge in [-0.15, -0.1) is 0 Å². The van der Waals surface area contributed by atoms with Crippen molar-refractivity contribution in [3.8, 4) is 0 Å². The highest BCUT2D eigenvalue weighted by molar-refractivity contribution is 7.46. The SMILES string of the molecule is O=c1[nH]cnc2c1ncn2C1OC(COP(=O)(O)O)CC1O. The van der Waals surface area contributed by atoms with Gasteiger partial charge in [-0.3, -0.25) is 13.9 Å². The molecule has 22 heavy (non-hydrogen) atoms. The predicted octanol–water partition coefficient (Wildman–Crippen LogP) is -1.12. The first-order valence-electron chi connectivity index (χ1n) is 6.29. The number of H-pyrrole nitrogens is 1. The molecule has 0 saturated carbocycles. The number of hydrogen-bond acceptors (Lipinski definition) is 7. The summed E-state index contributed by atoms with van der Waals surface area (Å²) in [6.07, 6.45) is 0.111. The van der Waals surface area contributed by atoms with E-state index in [2.05, 4.69) is 19.5 Å². The molecule has 4 N–H and O–H groups in total. The Bertz CT molecular complexity index is 783. The van der Waals surface area contributed by atoms with Gasteiger partial charge < -0.3 is 24.6 Å². The maximum absolute atomic E-state index is 11.6. The van der Waals surface area contributed by atoms with Gasteiger partial charge in [-0.1, -0.05) is 0 Å². The number of nitrogens with one attached hydrogen (secondary N) is 1. The molecule has 11 nitrogen and oxygen atoms in total. The first-order valence-corrected chi connectivity index (χ1v) is 7.82. The topological polar surface area (TPSA) is 160 Å². The third-order valence-electron chi connectivity index (χ3n) is 3.23. The molecule has 12 heteroatoms. The maximum Gasteiger partial charge on any atom is 0.469 e. The van der Waals surface area contributed by atoms with Crippen LogP contribution in [-0.4, -0.2) is 53.2 Å². The number of aromatic nitrogens is 4. The molecular formula is C10H13N4O7P. The number of aliphatic hydroxyl groups excluding tert-OH is 1. The zero-order valence-electron chi connectivity index (χ0n) is 11.1. The Hall–Kier alpha value is -1.62. The molecule has 120 valence electrons. The van der Waals surface area contributed by atoms with Gasteiger partial charge >= 0.3 is 7.82 Å². The average Bonchev–Trinajstić information content (AvgIpc) is 3.00. The van der Waals surface area contributed by atoms with E-state index in [1.54, 1.807) is 0 Å². The summed E-state index contributed by atoms with van der Waals surface area (Å²) >= 11 is 0. The molecule has 3 unspecified atom stereocenters. The van der Waals surface area contributed by atoms with Crippen molar-refractivity contribution in [1.29, 1.82) is 0 Å². The molecule has 2 aromatic rings. The molecule has 0 aromatic carbocycles. The smallest absolute Gasteiger partial charge is 0.388 e. The van der Waals surface area contributed by atoms with Gasteiger partial charge in [0.15, 0.2) is 17.4 Å². The second-order valence-corrected chi connectivity index (χ2v) is 6.03. The fourth-order valence-electron chi connectivity index (χ4n) is 2.32. The molecule has 2 aromatic heterocycles. The highest BCUT2D eigenvalue weighted by Gasteiger charge is 2.37. The Morgan fingerprint density at radius 2 is 2.27 bits per heavy atom. The molecule has 0 spiro atoms. The molecule has 0 radical (unpaired) electrons. The monoisotopic (exact) mass is 332 g/mol. The van der Waals surface area contributed by atoms with Gasteiger partial charge in [0.05, 0.1) is 25.4 Å². The van der Waals surface area contributed by atoms with Crippen molar-refractivity contribution in [2.45, 2.75) is 24.9 Å². The summed E-state index contributed by atoms with van der Waals surface area (Å²) in [7, 11) is -4.60. The molecule has 3 rings (SSSR count). The standard InChI is InChI=1S/C10H13N4O7P/c15-6-1-5(2-20-22(17,18)19)21-10(6)14-4-13-7-8(14)11-3-12-9(7)16/h3-6,10,15H,1-2H2,(H,11,12,16)(H2,17,18,19). The van der Waals surface area contributed by atoms with E-state index in [9.17, 15) is 14.5 Å². The van der Waals surface area contributed by atoms with Crippen LogP contribution in [0.5, 0.6) is 0 Å². The number of aliphatic hydroxyl groups is 1. The van der Waals surface area contributed by atoms with Gasteiger partial charge in [0.2, 0.25) is 0 Å². The quantitative estimate of drug-likeness (QED) is 0.508. The van der Waals surface area contributed by atoms with Gasteiger partial charge in [0, 0.05) is 6.42 Å². The van der Waals surface area contributed by atoms with Crippen LogP contribution in [0.15, 0.2) is 17.4 Å².